The maximum absolute atomic E-state index is 13.2. The number of hydrogen-bond acceptors (Lipinski definition) is 12. The maximum Gasteiger partial charge on any atom is 0.258 e. The van der Waals surface area contributed by atoms with E-state index in [-0.39, 0.29) is 15.7 Å². The third kappa shape index (κ3) is 11.1. The zero-order valence-corrected chi connectivity index (χ0v) is 33.2. The van der Waals surface area contributed by atoms with E-state index in [4.69, 9.17) is 42.1 Å². The number of para-hydroxylation sites is 2. The number of carbonyl (C=O) groups is 4. The van der Waals surface area contributed by atoms with E-state index in [2.05, 4.69) is 31.1 Å². The molecule has 0 aromatic heterocycles. The van der Waals surface area contributed by atoms with E-state index in [1.54, 1.807) is 80.6 Å². The van der Waals surface area contributed by atoms with Crippen molar-refractivity contribution in [3.05, 3.63) is 82.8 Å². The van der Waals surface area contributed by atoms with E-state index in [1.165, 1.54) is 19.9 Å². The topological polar surface area (TPSA) is 179 Å². The van der Waals surface area contributed by atoms with Gasteiger partial charge in [0.25, 0.3) is 11.8 Å². The van der Waals surface area contributed by atoms with Crippen molar-refractivity contribution in [3.8, 4) is 34.1 Å². The molecule has 0 heterocycles. The number of rotatable bonds is 19. The fourth-order valence-electron chi connectivity index (χ4n) is 5.18. The summed E-state index contributed by atoms with van der Waals surface area (Å²) in [6.07, 6.45) is 0. The molecule has 0 bridgehead atoms. The lowest BCUT2D eigenvalue weighted by Gasteiger charge is -2.16. The maximum atomic E-state index is 13.2. The highest BCUT2D eigenvalue weighted by Crippen LogP contribution is 2.39. The number of Topliss-reactive ketones (excluding diaryl/α,β-unsaturated/α-hetero) is 2. The number of benzene rings is 4. The fourth-order valence-corrected chi connectivity index (χ4v) is 5.65. The zero-order valence-electron chi connectivity index (χ0n) is 31.7. The SMILES string of the molecule is CCOc1cccc(NC(=O)C(N=Nc2ccc(-c3cc(Cl)c(N=NC(C(C)=O)C(=O)Nc4cccc(OCC)c4OCC)cc3Cl)cc2)C(C)=O)c1OCC. The van der Waals surface area contributed by atoms with Crippen LogP contribution < -0.4 is 29.6 Å². The van der Waals surface area contributed by atoms with E-state index in [0.29, 0.717) is 77.6 Å². The van der Waals surface area contributed by atoms with Crippen molar-refractivity contribution < 1.29 is 38.1 Å². The third-order valence-electron chi connectivity index (χ3n) is 7.70. The predicted molar refractivity (Wildman–Crippen MR) is 215 cm³/mol. The molecule has 2 N–H and O–H groups in total. The fraction of sp³-hybridized carbons (Fsp3) is 0.300. The van der Waals surface area contributed by atoms with Gasteiger partial charge in [0.15, 0.2) is 34.6 Å². The summed E-state index contributed by atoms with van der Waals surface area (Å²) in [5, 5.41) is 22.1. The summed E-state index contributed by atoms with van der Waals surface area (Å²) in [5.41, 5.74) is 2.32. The molecule has 2 unspecified atom stereocenters. The molecule has 16 heteroatoms. The molecule has 2 amide bonds. The summed E-state index contributed by atoms with van der Waals surface area (Å²) in [6, 6.07) is 16.8. The lowest BCUT2D eigenvalue weighted by atomic mass is 10.0. The van der Waals surface area contributed by atoms with Gasteiger partial charge in [0, 0.05) is 5.56 Å². The molecule has 0 aliphatic carbocycles. The van der Waals surface area contributed by atoms with Gasteiger partial charge in [-0.05, 0) is 95.6 Å². The van der Waals surface area contributed by atoms with Crippen LogP contribution in [0.4, 0.5) is 22.7 Å². The van der Waals surface area contributed by atoms with E-state index >= 15 is 0 Å². The van der Waals surface area contributed by atoms with Crippen LogP contribution >= 0.6 is 23.2 Å². The highest BCUT2D eigenvalue weighted by Gasteiger charge is 2.27. The van der Waals surface area contributed by atoms with Crippen LogP contribution in [0.25, 0.3) is 11.1 Å². The number of carbonyl (C=O) groups excluding carboxylic acids is 4. The molecule has 2 atom stereocenters. The number of halogens is 2. The van der Waals surface area contributed by atoms with Gasteiger partial charge in [0.1, 0.15) is 5.69 Å². The van der Waals surface area contributed by atoms with Crippen LogP contribution in [-0.2, 0) is 19.2 Å². The molecule has 4 aromatic rings. The smallest absolute Gasteiger partial charge is 0.258 e. The molecule has 0 fully saturated rings. The Morgan fingerprint density at radius 3 is 1.52 bits per heavy atom. The molecule has 0 spiro atoms. The van der Waals surface area contributed by atoms with Gasteiger partial charge < -0.3 is 29.6 Å². The minimum absolute atomic E-state index is 0.129. The molecule has 0 saturated heterocycles. The van der Waals surface area contributed by atoms with Crippen molar-refractivity contribution in [2.24, 2.45) is 20.5 Å². The average molecular weight is 806 g/mol. The molecule has 4 rings (SSSR count). The first-order chi connectivity index (χ1) is 26.9. The molecule has 0 aliphatic rings. The van der Waals surface area contributed by atoms with Gasteiger partial charge in [-0.3, -0.25) is 19.2 Å². The average Bonchev–Trinajstić information content (AvgIpc) is 3.16. The van der Waals surface area contributed by atoms with Crippen LogP contribution in [0.5, 0.6) is 23.0 Å². The second-order valence-corrected chi connectivity index (χ2v) is 12.6. The Labute approximate surface area is 334 Å². The number of azo groups is 2. The van der Waals surface area contributed by atoms with Gasteiger partial charge in [0.05, 0.1) is 53.5 Å². The normalized spacial score (nSPS) is 12.2. The van der Waals surface area contributed by atoms with Crippen LogP contribution in [-0.4, -0.2) is 61.9 Å². The van der Waals surface area contributed by atoms with Crippen LogP contribution in [0.1, 0.15) is 41.5 Å². The Kier molecular flexibility index (Phi) is 15.9. The molecular formula is C40H42Cl2N6O8. The summed E-state index contributed by atoms with van der Waals surface area (Å²) in [4.78, 5) is 51.3. The van der Waals surface area contributed by atoms with Gasteiger partial charge in [0.2, 0.25) is 12.1 Å². The Morgan fingerprint density at radius 1 is 0.607 bits per heavy atom. The lowest BCUT2D eigenvalue weighted by Crippen LogP contribution is -2.32. The molecule has 294 valence electrons. The molecule has 14 nitrogen and oxygen atoms in total. The molecule has 4 aromatic carbocycles. The van der Waals surface area contributed by atoms with Crippen LogP contribution in [0, 0.1) is 0 Å². The first-order valence-corrected chi connectivity index (χ1v) is 18.5. The van der Waals surface area contributed by atoms with Gasteiger partial charge in [-0.25, -0.2) is 0 Å². The summed E-state index contributed by atoms with van der Waals surface area (Å²) in [7, 11) is 0. The van der Waals surface area contributed by atoms with Crippen LogP contribution in [0.2, 0.25) is 10.0 Å². The molecule has 56 heavy (non-hydrogen) atoms. The Bertz CT molecular complexity index is 2110. The second kappa shape index (κ2) is 20.7. The van der Waals surface area contributed by atoms with Gasteiger partial charge in [-0.15, -0.1) is 0 Å². The summed E-state index contributed by atoms with van der Waals surface area (Å²) >= 11 is 13.2. The Balaban J connectivity index is 1.49. The highest BCUT2D eigenvalue weighted by atomic mass is 35.5. The molecule has 0 radical (unpaired) electrons. The van der Waals surface area contributed by atoms with Crippen molar-refractivity contribution in [3.63, 3.8) is 0 Å². The minimum Gasteiger partial charge on any atom is -0.490 e. The number of anilines is 2. The largest absolute Gasteiger partial charge is 0.490 e. The number of ketones is 2. The van der Waals surface area contributed by atoms with Crippen molar-refractivity contribution in [1.82, 2.24) is 0 Å². The van der Waals surface area contributed by atoms with E-state index in [9.17, 15) is 19.2 Å². The standard InChI is InChI=1S/C40H42Cl2N6O8/c1-7-53-33-15-11-13-30(37(33)55-9-3)43-39(51)35(23(5)49)47-45-26-19-17-25(18-20-26)27-21-29(42)32(22-28(27)41)46-48-36(24(6)50)40(52)44-31-14-12-16-34(54-8-2)38(31)56-10-4/h11-22,35-36H,7-10H2,1-6H3,(H,43,51)(H,44,52). The zero-order chi connectivity index (χ0) is 40.8. The van der Waals surface area contributed by atoms with Crippen LogP contribution in [0.3, 0.4) is 0 Å². The summed E-state index contributed by atoms with van der Waals surface area (Å²) < 4.78 is 22.6. The number of amides is 2. The third-order valence-corrected chi connectivity index (χ3v) is 8.32. The van der Waals surface area contributed by atoms with E-state index < -0.39 is 35.5 Å². The molecule has 0 aliphatic heterocycles. The lowest BCUT2D eigenvalue weighted by molar-refractivity contribution is -0.127. The second-order valence-electron chi connectivity index (χ2n) is 11.8. The first kappa shape index (κ1) is 42.9. The van der Waals surface area contributed by atoms with Crippen molar-refractivity contribution in [2.75, 3.05) is 37.1 Å². The molecular weight excluding hydrogens is 763 g/mol. The quantitative estimate of drug-likeness (QED) is 0.0695. The van der Waals surface area contributed by atoms with Crippen molar-refractivity contribution in [2.45, 2.75) is 53.6 Å². The molecule has 0 saturated carbocycles. The van der Waals surface area contributed by atoms with Gasteiger partial charge in [-0.1, -0.05) is 47.5 Å². The van der Waals surface area contributed by atoms with Crippen molar-refractivity contribution >= 4 is 69.3 Å². The van der Waals surface area contributed by atoms with Crippen LogP contribution in [0.15, 0.2) is 93.3 Å². The van der Waals surface area contributed by atoms with Gasteiger partial charge >= 0.3 is 0 Å². The summed E-state index contributed by atoms with van der Waals surface area (Å²) in [5.74, 6) is -0.935. The Morgan fingerprint density at radius 2 is 1.07 bits per heavy atom. The number of ether oxygens (including phenoxy) is 4. The van der Waals surface area contributed by atoms with Crippen molar-refractivity contribution in [1.29, 1.82) is 0 Å². The summed E-state index contributed by atoms with van der Waals surface area (Å²) in [6.45, 7) is 11.1. The number of hydrogen-bond donors (Lipinski definition) is 2. The van der Waals surface area contributed by atoms with E-state index in [0.717, 1.165) is 0 Å². The monoisotopic (exact) mass is 804 g/mol. The number of nitrogens with one attached hydrogen (secondary N) is 2. The first-order valence-electron chi connectivity index (χ1n) is 17.7. The highest BCUT2D eigenvalue weighted by molar-refractivity contribution is 6.37. The Hall–Kier alpha value is -5.86. The minimum atomic E-state index is -1.50. The van der Waals surface area contributed by atoms with E-state index in [1.807, 2.05) is 13.8 Å². The number of nitrogens with zero attached hydrogens (tertiary/aromatic N) is 4. The van der Waals surface area contributed by atoms with Gasteiger partial charge in [-0.2, -0.15) is 20.5 Å². The predicted octanol–water partition coefficient (Wildman–Crippen LogP) is 9.62.